The summed E-state index contributed by atoms with van der Waals surface area (Å²) in [5.74, 6) is -0.422. The maximum Gasteiger partial charge on any atom is 0.335 e. The van der Waals surface area contributed by atoms with Gasteiger partial charge < -0.3 is 14.6 Å². The van der Waals surface area contributed by atoms with Crippen molar-refractivity contribution in [3.8, 4) is 5.88 Å². The van der Waals surface area contributed by atoms with Gasteiger partial charge in [-0.25, -0.2) is 9.48 Å². The zero-order chi connectivity index (χ0) is 13.1. The molecule has 0 aliphatic carbocycles. The lowest BCUT2D eigenvalue weighted by Gasteiger charge is -2.05. The highest BCUT2D eigenvalue weighted by atomic mass is 16.5. The summed E-state index contributed by atoms with van der Waals surface area (Å²) in [6, 6.07) is 4.76. The minimum Gasteiger partial charge on any atom is -0.481 e. The Morgan fingerprint density at radius 1 is 1.44 bits per heavy atom. The lowest BCUT2D eigenvalue weighted by atomic mass is 10.1. The Hall–Kier alpha value is -2.08. The molecule has 0 bridgehead atoms. The average Bonchev–Trinajstić information content (AvgIpc) is 2.72. The van der Waals surface area contributed by atoms with E-state index in [0.29, 0.717) is 29.9 Å². The van der Waals surface area contributed by atoms with Crippen LogP contribution in [0.2, 0.25) is 0 Å². The molecule has 0 fully saturated rings. The molecule has 0 aliphatic heterocycles. The standard InChI is InChI=1S/C12H14N2O4/c1-17-6-5-14-11(18-2)9-7-8(12(15)16)3-4-10(9)13-14/h3-4,7H,5-6H2,1-2H3,(H,15,16). The van der Waals surface area contributed by atoms with Crippen LogP contribution < -0.4 is 4.74 Å². The molecule has 0 atom stereocenters. The molecular weight excluding hydrogens is 236 g/mol. The summed E-state index contributed by atoms with van der Waals surface area (Å²) in [6.07, 6.45) is 0. The topological polar surface area (TPSA) is 73.6 Å². The number of hydrogen-bond acceptors (Lipinski definition) is 4. The van der Waals surface area contributed by atoms with Gasteiger partial charge in [-0.2, -0.15) is 5.10 Å². The monoisotopic (exact) mass is 250 g/mol. The van der Waals surface area contributed by atoms with Crippen molar-refractivity contribution in [1.29, 1.82) is 0 Å². The Labute approximate surface area is 104 Å². The first-order valence-corrected chi connectivity index (χ1v) is 5.44. The summed E-state index contributed by atoms with van der Waals surface area (Å²) in [5, 5.41) is 14.0. The molecule has 0 saturated carbocycles. The van der Waals surface area contributed by atoms with E-state index in [-0.39, 0.29) is 5.56 Å². The summed E-state index contributed by atoms with van der Waals surface area (Å²) in [4.78, 5) is 10.9. The van der Waals surface area contributed by atoms with Crippen LogP contribution in [0, 0.1) is 0 Å². The fraction of sp³-hybridized carbons (Fsp3) is 0.333. The first-order chi connectivity index (χ1) is 8.67. The van der Waals surface area contributed by atoms with Crippen LogP contribution in [0.4, 0.5) is 0 Å². The zero-order valence-corrected chi connectivity index (χ0v) is 10.2. The van der Waals surface area contributed by atoms with Gasteiger partial charge in [0.1, 0.15) is 0 Å². The van der Waals surface area contributed by atoms with Gasteiger partial charge in [-0.3, -0.25) is 0 Å². The second-order valence-electron chi connectivity index (χ2n) is 3.76. The number of fused-ring (bicyclic) bond motifs is 1. The Balaban J connectivity index is 2.51. The van der Waals surface area contributed by atoms with E-state index in [2.05, 4.69) is 5.10 Å². The van der Waals surface area contributed by atoms with E-state index in [1.807, 2.05) is 0 Å². The van der Waals surface area contributed by atoms with Crippen molar-refractivity contribution in [3.63, 3.8) is 0 Å². The molecular formula is C12H14N2O4. The Morgan fingerprint density at radius 2 is 2.22 bits per heavy atom. The highest BCUT2D eigenvalue weighted by Gasteiger charge is 2.13. The number of nitrogens with zero attached hydrogens (tertiary/aromatic N) is 2. The highest BCUT2D eigenvalue weighted by Crippen LogP contribution is 2.26. The van der Waals surface area contributed by atoms with E-state index in [9.17, 15) is 4.79 Å². The van der Waals surface area contributed by atoms with Gasteiger partial charge in [-0.1, -0.05) is 0 Å². The van der Waals surface area contributed by atoms with Gasteiger partial charge in [0, 0.05) is 7.11 Å². The molecule has 6 heteroatoms. The number of aromatic carboxylic acids is 1. The van der Waals surface area contributed by atoms with E-state index in [4.69, 9.17) is 14.6 Å². The Morgan fingerprint density at radius 3 is 2.83 bits per heavy atom. The van der Waals surface area contributed by atoms with E-state index in [1.54, 1.807) is 23.9 Å². The first kappa shape index (κ1) is 12.4. The molecule has 6 nitrogen and oxygen atoms in total. The molecule has 1 aromatic heterocycles. The van der Waals surface area contributed by atoms with Gasteiger partial charge >= 0.3 is 5.97 Å². The van der Waals surface area contributed by atoms with Crippen molar-refractivity contribution in [2.75, 3.05) is 20.8 Å². The van der Waals surface area contributed by atoms with Crippen molar-refractivity contribution < 1.29 is 19.4 Å². The van der Waals surface area contributed by atoms with E-state index in [1.165, 1.54) is 13.2 Å². The number of benzene rings is 1. The van der Waals surface area contributed by atoms with Gasteiger partial charge in [0.2, 0.25) is 5.88 Å². The lowest BCUT2D eigenvalue weighted by molar-refractivity contribution is 0.0697. The van der Waals surface area contributed by atoms with Crippen LogP contribution in [0.3, 0.4) is 0 Å². The predicted octanol–water partition coefficient (Wildman–Crippen LogP) is 1.39. The van der Waals surface area contributed by atoms with E-state index in [0.717, 1.165) is 0 Å². The summed E-state index contributed by atoms with van der Waals surface area (Å²) in [5.41, 5.74) is 0.917. The largest absolute Gasteiger partial charge is 0.481 e. The molecule has 1 heterocycles. The number of aromatic nitrogens is 2. The SMILES string of the molecule is COCCn1nc2ccc(C(=O)O)cc2c1OC. The number of rotatable bonds is 5. The second-order valence-corrected chi connectivity index (χ2v) is 3.76. The summed E-state index contributed by atoms with van der Waals surface area (Å²) in [6.45, 7) is 1.06. The molecule has 0 amide bonds. The van der Waals surface area contributed by atoms with Crippen LogP contribution in [0.1, 0.15) is 10.4 Å². The molecule has 1 N–H and O–H groups in total. The number of carbonyl (C=O) groups is 1. The van der Waals surface area contributed by atoms with Crippen LogP contribution >= 0.6 is 0 Å². The molecule has 2 aromatic rings. The Kier molecular flexibility index (Phi) is 3.47. The van der Waals surface area contributed by atoms with Gasteiger partial charge in [0.15, 0.2) is 0 Å². The molecule has 0 spiro atoms. The number of carboxylic acids is 1. The predicted molar refractivity (Wildman–Crippen MR) is 65.1 cm³/mol. The van der Waals surface area contributed by atoms with Crippen molar-refractivity contribution >= 4 is 16.9 Å². The number of carboxylic acid groups (broad SMARTS) is 1. The van der Waals surface area contributed by atoms with Crippen molar-refractivity contribution in [2.24, 2.45) is 0 Å². The first-order valence-electron chi connectivity index (χ1n) is 5.44. The molecule has 0 unspecified atom stereocenters. The van der Waals surface area contributed by atoms with Gasteiger partial charge in [-0.05, 0) is 18.2 Å². The third-order valence-electron chi connectivity index (χ3n) is 2.64. The second kappa shape index (κ2) is 5.05. The van der Waals surface area contributed by atoms with Crippen molar-refractivity contribution in [3.05, 3.63) is 23.8 Å². The lowest BCUT2D eigenvalue weighted by Crippen LogP contribution is -2.07. The smallest absolute Gasteiger partial charge is 0.335 e. The number of methoxy groups -OCH3 is 2. The van der Waals surface area contributed by atoms with Crippen LogP contribution in [0.15, 0.2) is 18.2 Å². The van der Waals surface area contributed by atoms with Crippen LogP contribution in [-0.2, 0) is 11.3 Å². The Bertz CT molecular complexity index is 577. The third kappa shape index (κ3) is 2.14. The molecule has 18 heavy (non-hydrogen) atoms. The summed E-state index contributed by atoms with van der Waals surface area (Å²) in [7, 11) is 3.14. The third-order valence-corrected chi connectivity index (χ3v) is 2.64. The summed E-state index contributed by atoms with van der Waals surface area (Å²) < 4.78 is 11.9. The van der Waals surface area contributed by atoms with E-state index >= 15 is 0 Å². The fourth-order valence-corrected chi connectivity index (χ4v) is 1.79. The van der Waals surface area contributed by atoms with Crippen molar-refractivity contribution in [1.82, 2.24) is 9.78 Å². The average molecular weight is 250 g/mol. The zero-order valence-electron chi connectivity index (χ0n) is 10.2. The molecule has 96 valence electrons. The van der Waals surface area contributed by atoms with Gasteiger partial charge in [0.05, 0.1) is 36.7 Å². The maximum absolute atomic E-state index is 10.9. The van der Waals surface area contributed by atoms with Gasteiger partial charge in [-0.15, -0.1) is 0 Å². The molecule has 0 saturated heterocycles. The summed E-state index contributed by atoms with van der Waals surface area (Å²) >= 11 is 0. The quantitative estimate of drug-likeness (QED) is 0.868. The molecule has 0 aliphatic rings. The maximum atomic E-state index is 10.9. The minimum absolute atomic E-state index is 0.215. The highest BCUT2D eigenvalue weighted by molar-refractivity contribution is 5.95. The van der Waals surface area contributed by atoms with Crippen LogP contribution in [0.5, 0.6) is 5.88 Å². The van der Waals surface area contributed by atoms with Crippen LogP contribution in [0.25, 0.3) is 10.9 Å². The normalized spacial score (nSPS) is 10.8. The van der Waals surface area contributed by atoms with Crippen molar-refractivity contribution in [2.45, 2.75) is 6.54 Å². The number of hydrogen-bond donors (Lipinski definition) is 1. The number of ether oxygens (including phenoxy) is 2. The molecule has 0 radical (unpaired) electrons. The van der Waals surface area contributed by atoms with E-state index < -0.39 is 5.97 Å². The molecule has 2 rings (SSSR count). The fourth-order valence-electron chi connectivity index (χ4n) is 1.79. The molecule has 1 aromatic carbocycles. The van der Waals surface area contributed by atoms with Crippen LogP contribution in [-0.4, -0.2) is 41.7 Å². The van der Waals surface area contributed by atoms with Gasteiger partial charge in [0.25, 0.3) is 0 Å². The minimum atomic E-state index is -0.969.